The number of halogens is 1. The molecule has 0 bridgehead atoms. The Labute approximate surface area is 184 Å². The van der Waals surface area contributed by atoms with Crippen molar-refractivity contribution in [2.24, 2.45) is 0 Å². The predicted molar refractivity (Wildman–Crippen MR) is 125 cm³/mol. The number of hydrogen-bond acceptors (Lipinski definition) is 4. The van der Waals surface area contributed by atoms with Gasteiger partial charge in [-0.2, -0.15) is 9.61 Å². The molecule has 1 saturated heterocycles. The lowest BCUT2D eigenvalue weighted by Crippen LogP contribution is -2.47. The fraction of sp³-hybridized carbons (Fsp3) is 0.440. The largest absolute Gasteiger partial charge is 0.354 e. The summed E-state index contributed by atoms with van der Waals surface area (Å²) in [7, 11) is 0. The Morgan fingerprint density at radius 2 is 1.74 bits per heavy atom. The molecule has 0 aliphatic carbocycles. The summed E-state index contributed by atoms with van der Waals surface area (Å²) >= 11 is 0. The Kier molecular flexibility index (Phi) is 5.60. The van der Waals surface area contributed by atoms with E-state index in [1.54, 1.807) is 12.1 Å². The van der Waals surface area contributed by atoms with Gasteiger partial charge in [0.2, 0.25) is 0 Å². The standard InChI is InChI=1S/C25H32FN5/c1-17(2)16-29-11-13-30(14-12-29)22-15-21(25(4,5)6)27-24-23(18(3)28-31(22)24)19-7-9-20(26)10-8-19/h7-10,15H,1,11-14,16H2,2-6H3. The first-order chi connectivity index (χ1) is 14.6. The first kappa shape index (κ1) is 21.5. The number of fused-ring (bicyclic) bond motifs is 1. The second-order valence-corrected chi connectivity index (χ2v) is 9.67. The third kappa shape index (κ3) is 4.35. The highest BCUT2D eigenvalue weighted by Crippen LogP contribution is 2.33. The Bertz CT molecular complexity index is 1100. The minimum Gasteiger partial charge on any atom is -0.354 e. The van der Waals surface area contributed by atoms with Gasteiger partial charge in [-0.05, 0) is 31.5 Å². The smallest absolute Gasteiger partial charge is 0.165 e. The molecular weight excluding hydrogens is 389 g/mol. The van der Waals surface area contributed by atoms with Crippen LogP contribution < -0.4 is 4.90 Å². The molecular formula is C25H32FN5. The van der Waals surface area contributed by atoms with Gasteiger partial charge in [0.15, 0.2) is 5.65 Å². The van der Waals surface area contributed by atoms with Crippen LogP contribution in [0.1, 0.15) is 39.1 Å². The lowest BCUT2D eigenvalue weighted by Gasteiger charge is -2.36. The summed E-state index contributed by atoms with van der Waals surface area (Å²) in [5, 5.41) is 4.87. The normalized spacial score (nSPS) is 15.6. The highest BCUT2D eigenvalue weighted by Gasteiger charge is 2.26. The molecule has 0 atom stereocenters. The quantitative estimate of drug-likeness (QED) is 0.565. The van der Waals surface area contributed by atoms with Crippen molar-refractivity contribution >= 4 is 11.5 Å². The van der Waals surface area contributed by atoms with Crippen LogP contribution in [0, 0.1) is 12.7 Å². The van der Waals surface area contributed by atoms with E-state index in [4.69, 9.17) is 10.1 Å². The van der Waals surface area contributed by atoms with Gasteiger partial charge in [0.05, 0.1) is 11.4 Å². The van der Waals surface area contributed by atoms with Crippen LogP contribution >= 0.6 is 0 Å². The van der Waals surface area contributed by atoms with Crippen LogP contribution in [0.15, 0.2) is 42.5 Å². The number of rotatable bonds is 4. The van der Waals surface area contributed by atoms with Crippen molar-refractivity contribution in [3.63, 3.8) is 0 Å². The van der Waals surface area contributed by atoms with Gasteiger partial charge in [0, 0.05) is 49.8 Å². The number of hydrogen-bond donors (Lipinski definition) is 0. The Morgan fingerprint density at radius 1 is 1.10 bits per heavy atom. The maximum absolute atomic E-state index is 13.5. The van der Waals surface area contributed by atoms with Crippen molar-refractivity contribution in [1.82, 2.24) is 19.5 Å². The Balaban J connectivity index is 1.81. The summed E-state index contributed by atoms with van der Waals surface area (Å²) in [6.45, 7) is 19.5. The second kappa shape index (κ2) is 8.08. The van der Waals surface area contributed by atoms with Crippen molar-refractivity contribution in [3.05, 3.63) is 59.7 Å². The molecule has 1 aliphatic rings. The van der Waals surface area contributed by atoms with Gasteiger partial charge in [-0.25, -0.2) is 9.37 Å². The highest BCUT2D eigenvalue weighted by molar-refractivity contribution is 5.81. The van der Waals surface area contributed by atoms with Crippen molar-refractivity contribution in [2.45, 2.75) is 40.0 Å². The number of aryl methyl sites for hydroxylation is 1. The maximum Gasteiger partial charge on any atom is 0.165 e. The second-order valence-electron chi connectivity index (χ2n) is 9.67. The van der Waals surface area contributed by atoms with Crippen LogP contribution in [0.2, 0.25) is 0 Å². The minimum atomic E-state index is -0.241. The summed E-state index contributed by atoms with van der Waals surface area (Å²) in [6.07, 6.45) is 0. The van der Waals surface area contributed by atoms with E-state index in [1.807, 2.05) is 11.4 Å². The molecule has 1 aromatic carbocycles. The van der Waals surface area contributed by atoms with E-state index in [0.29, 0.717) is 0 Å². The number of benzene rings is 1. The van der Waals surface area contributed by atoms with E-state index in [2.05, 4.69) is 50.1 Å². The molecule has 1 aliphatic heterocycles. The van der Waals surface area contributed by atoms with E-state index in [1.165, 1.54) is 17.7 Å². The van der Waals surface area contributed by atoms with Crippen LogP contribution in [0.3, 0.4) is 0 Å². The van der Waals surface area contributed by atoms with Crippen LogP contribution in [0.25, 0.3) is 16.8 Å². The Morgan fingerprint density at radius 3 is 2.32 bits per heavy atom. The molecule has 0 saturated carbocycles. The number of anilines is 1. The van der Waals surface area contributed by atoms with E-state index < -0.39 is 0 Å². The molecule has 0 amide bonds. The van der Waals surface area contributed by atoms with Crippen molar-refractivity contribution < 1.29 is 4.39 Å². The van der Waals surface area contributed by atoms with E-state index in [9.17, 15) is 4.39 Å². The molecule has 1 fully saturated rings. The van der Waals surface area contributed by atoms with Gasteiger partial charge >= 0.3 is 0 Å². The monoisotopic (exact) mass is 421 g/mol. The van der Waals surface area contributed by atoms with E-state index in [-0.39, 0.29) is 11.2 Å². The van der Waals surface area contributed by atoms with Gasteiger partial charge in [-0.3, -0.25) is 4.90 Å². The zero-order chi connectivity index (χ0) is 22.3. The summed E-state index contributed by atoms with van der Waals surface area (Å²) in [5.41, 5.74) is 5.75. The first-order valence-electron chi connectivity index (χ1n) is 10.9. The fourth-order valence-corrected chi connectivity index (χ4v) is 4.19. The van der Waals surface area contributed by atoms with Crippen LogP contribution in [-0.4, -0.2) is 52.2 Å². The van der Waals surface area contributed by atoms with Crippen LogP contribution in [0.4, 0.5) is 10.2 Å². The number of piperazine rings is 1. The molecule has 2 aromatic heterocycles. The number of nitrogens with zero attached hydrogens (tertiary/aromatic N) is 5. The van der Waals surface area contributed by atoms with Gasteiger partial charge in [0.1, 0.15) is 11.6 Å². The third-order valence-corrected chi connectivity index (χ3v) is 5.84. The highest BCUT2D eigenvalue weighted by atomic mass is 19.1. The fourth-order valence-electron chi connectivity index (χ4n) is 4.19. The molecule has 31 heavy (non-hydrogen) atoms. The lowest BCUT2D eigenvalue weighted by molar-refractivity contribution is 0.277. The third-order valence-electron chi connectivity index (χ3n) is 5.84. The predicted octanol–water partition coefficient (Wildman–Crippen LogP) is 4.84. The molecule has 3 heterocycles. The van der Waals surface area contributed by atoms with Gasteiger partial charge in [0.25, 0.3) is 0 Å². The summed E-state index contributed by atoms with van der Waals surface area (Å²) in [6, 6.07) is 8.78. The number of aromatic nitrogens is 3. The molecule has 0 unspecified atom stereocenters. The van der Waals surface area contributed by atoms with Crippen molar-refractivity contribution in [3.8, 4) is 11.1 Å². The Hall–Kier alpha value is -2.73. The molecule has 0 radical (unpaired) electrons. The SMILES string of the molecule is C=C(C)CN1CCN(c2cc(C(C)(C)C)nc3c(-c4ccc(F)cc4)c(C)nn23)CC1. The van der Waals surface area contributed by atoms with Gasteiger partial charge < -0.3 is 4.90 Å². The van der Waals surface area contributed by atoms with E-state index in [0.717, 1.165) is 66.7 Å². The van der Waals surface area contributed by atoms with Gasteiger partial charge in [-0.15, -0.1) is 0 Å². The maximum atomic E-state index is 13.5. The molecule has 5 nitrogen and oxygen atoms in total. The molecule has 0 spiro atoms. The molecule has 3 aromatic rings. The lowest BCUT2D eigenvalue weighted by atomic mass is 9.91. The van der Waals surface area contributed by atoms with E-state index >= 15 is 0 Å². The topological polar surface area (TPSA) is 36.7 Å². The molecule has 0 N–H and O–H groups in total. The first-order valence-corrected chi connectivity index (χ1v) is 10.9. The summed E-state index contributed by atoms with van der Waals surface area (Å²) < 4.78 is 15.5. The van der Waals surface area contributed by atoms with Crippen LogP contribution in [-0.2, 0) is 5.41 Å². The zero-order valence-corrected chi connectivity index (χ0v) is 19.2. The molecule has 164 valence electrons. The average molecular weight is 422 g/mol. The molecule has 6 heteroatoms. The summed E-state index contributed by atoms with van der Waals surface area (Å²) in [4.78, 5) is 9.88. The zero-order valence-electron chi connectivity index (χ0n) is 19.2. The average Bonchev–Trinajstić information content (AvgIpc) is 3.03. The van der Waals surface area contributed by atoms with Crippen molar-refractivity contribution in [2.75, 3.05) is 37.6 Å². The van der Waals surface area contributed by atoms with Crippen LogP contribution in [0.5, 0.6) is 0 Å². The van der Waals surface area contributed by atoms with Gasteiger partial charge in [-0.1, -0.05) is 45.1 Å². The summed E-state index contributed by atoms with van der Waals surface area (Å²) in [5.74, 6) is 0.830. The molecule has 4 rings (SSSR count). The van der Waals surface area contributed by atoms with Crippen molar-refractivity contribution in [1.29, 1.82) is 0 Å². The minimum absolute atomic E-state index is 0.101.